The molecule has 1 saturated carbocycles. The van der Waals surface area contributed by atoms with Gasteiger partial charge in [0.05, 0.1) is 5.56 Å². The third kappa shape index (κ3) is 6.21. The number of hydrogen-bond donors (Lipinski definition) is 2. The van der Waals surface area contributed by atoms with Crippen LogP contribution < -0.4 is 10.6 Å². The second-order valence-electron chi connectivity index (χ2n) is 6.62. The van der Waals surface area contributed by atoms with Crippen molar-refractivity contribution in [2.45, 2.75) is 52.1 Å². The summed E-state index contributed by atoms with van der Waals surface area (Å²) in [4.78, 5) is 34.9. The summed E-state index contributed by atoms with van der Waals surface area (Å²) in [5.74, 6) is -0.432. The molecule has 1 aromatic carbocycles. The van der Waals surface area contributed by atoms with E-state index in [0.717, 1.165) is 24.8 Å². The maximum Gasteiger partial charge on any atom is 0.338 e. The third-order valence-corrected chi connectivity index (χ3v) is 4.52. The van der Waals surface area contributed by atoms with E-state index in [0.29, 0.717) is 18.0 Å². The molecule has 2 rings (SSSR count). The van der Waals surface area contributed by atoms with Gasteiger partial charge in [-0.3, -0.25) is 9.59 Å². The monoisotopic (exact) mass is 346 g/mol. The molecular formula is C19H26N2O4. The van der Waals surface area contributed by atoms with Crippen LogP contribution in [0.3, 0.4) is 0 Å². The van der Waals surface area contributed by atoms with Gasteiger partial charge in [-0.2, -0.15) is 0 Å². The zero-order valence-corrected chi connectivity index (χ0v) is 14.8. The van der Waals surface area contributed by atoms with Crippen LogP contribution in [0.25, 0.3) is 0 Å². The van der Waals surface area contributed by atoms with Crippen molar-refractivity contribution in [3.63, 3.8) is 0 Å². The maximum atomic E-state index is 12.0. The van der Waals surface area contributed by atoms with E-state index in [1.54, 1.807) is 24.3 Å². The summed E-state index contributed by atoms with van der Waals surface area (Å²) in [6.07, 6.45) is 4.44. The average Bonchev–Trinajstić information content (AvgIpc) is 2.60. The molecule has 0 spiro atoms. The summed E-state index contributed by atoms with van der Waals surface area (Å²) >= 11 is 0. The van der Waals surface area contributed by atoms with Crippen LogP contribution in [0.4, 0.5) is 0 Å². The van der Waals surface area contributed by atoms with Crippen molar-refractivity contribution in [1.29, 1.82) is 0 Å². The van der Waals surface area contributed by atoms with Crippen molar-refractivity contribution in [3.05, 3.63) is 35.4 Å². The zero-order valence-electron chi connectivity index (χ0n) is 14.8. The van der Waals surface area contributed by atoms with Gasteiger partial charge in [0, 0.05) is 19.5 Å². The number of nitrogens with one attached hydrogen (secondary N) is 2. The lowest BCUT2D eigenvalue weighted by Crippen LogP contribution is -2.42. The topological polar surface area (TPSA) is 84.5 Å². The van der Waals surface area contributed by atoms with Crippen molar-refractivity contribution < 1.29 is 19.1 Å². The summed E-state index contributed by atoms with van der Waals surface area (Å²) in [5.41, 5.74) is 1.26. The lowest BCUT2D eigenvalue weighted by Gasteiger charge is -2.29. The van der Waals surface area contributed by atoms with Gasteiger partial charge in [-0.1, -0.05) is 31.9 Å². The van der Waals surface area contributed by atoms with Crippen LogP contribution in [-0.4, -0.2) is 30.4 Å². The van der Waals surface area contributed by atoms with Gasteiger partial charge in [0.25, 0.3) is 5.91 Å². The van der Waals surface area contributed by atoms with Crippen molar-refractivity contribution in [3.8, 4) is 0 Å². The summed E-state index contributed by atoms with van der Waals surface area (Å²) in [6, 6.07) is 6.92. The quantitative estimate of drug-likeness (QED) is 0.773. The first-order valence-corrected chi connectivity index (χ1v) is 8.75. The number of ether oxygens (including phenoxy) is 1. The second kappa shape index (κ2) is 9.20. The molecular weight excluding hydrogens is 320 g/mol. The molecule has 1 aliphatic rings. The fourth-order valence-corrected chi connectivity index (χ4v) is 2.98. The van der Waals surface area contributed by atoms with E-state index < -0.39 is 5.97 Å². The third-order valence-electron chi connectivity index (χ3n) is 4.52. The molecule has 0 radical (unpaired) electrons. The van der Waals surface area contributed by atoms with Gasteiger partial charge in [-0.15, -0.1) is 0 Å². The van der Waals surface area contributed by atoms with Gasteiger partial charge >= 0.3 is 5.97 Å². The Balaban J connectivity index is 1.77. The molecule has 2 atom stereocenters. The number of amides is 2. The standard InChI is InChI=1S/C19H26N2O4/c1-13-5-3-4-6-17(13)21-18(23)12-25-19(24)16-9-7-15(8-10-16)11-20-14(2)22/h7-10,13,17H,3-6,11-12H2,1-2H3,(H,20,22)(H,21,23). The van der Waals surface area contributed by atoms with Gasteiger partial charge < -0.3 is 15.4 Å². The molecule has 0 bridgehead atoms. The number of rotatable bonds is 6. The minimum absolute atomic E-state index is 0.109. The molecule has 25 heavy (non-hydrogen) atoms. The smallest absolute Gasteiger partial charge is 0.338 e. The number of carbonyl (C=O) groups is 3. The highest BCUT2D eigenvalue weighted by atomic mass is 16.5. The van der Waals surface area contributed by atoms with Crippen LogP contribution in [-0.2, 0) is 20.9 Å². The molecule has 1 aliphatic carbocycles. The van der Waals surface area contributed by atoms with Crippen molar-refractivity contribution >= 4 is 17.8 Å². The first-order valence-electron chi connectivity index (χ1n) is 8.75. The second-order valence-corrected chi connectivity index (χ2v) is 6.62. The van der Waals surface area contributed by atoms with Crippen LogP contribution >= 0.6 is 0 Å². The molecule has 2 unspecified atom stereocenters. The Bertz CT molecular complexity index is 612. The van der Waals surface area contributed by atoms with Gasteiger partial charge in [-0.25, -0.2) is 4.79 Å². The van der Waals surface area contributed by atoms with Gasteiger partial charge in [0.2, 0.25) is 5.91 Å². The lowest BCUT2D eigenvalue weighted by atomic mass is 9.86. The molecule has 2 amide bonds. The fraction of sp³-hybridized carbons (Fsp3) is 0.526. The summed E-state index contributed by atoms with van der Waals surface area (Å²) < 4.78 is 5.08. The Hall–Kier alpha value is -2.37. The first kappa shape index (κ1) is 19.0. The average molecular weight is 346 g/mol. The highest BCUT2D eigenvalue weighted by molar-refractivity contribution is 5.91. The predicted octanol–water partition coefficient (Wildman–Crippen LogP) is 2.17. The Morgan fingerprint density at radius 1 is 1.12 bits per heavy atom. The molecule has 6 nitrogen and oxygen atoms in total. The van der Waals surface area contributed by atoms with Crippen LogP contribution in [0.15, 0.2) is 24.3 Å². The van der Waals surface area contributed by atoms with Crippen LogP contribution in [0.5, 0.6) is 0 Å². The van der Waals surface area contributed by atoms with E-state index in [9.17, 15) is 14.4 Å². The normalized spacial score (nSPS) is 19.8. The minimum atomic E-state index is -0.530. The first-order chi connectivity index (χ1) is 12.0. The predicted molar refractivity (Wildman–Crippen MR) is 93.8 cm³/mol. The van der Waals surface area contributed by atoms with E-state index in [2.05, 4.69) is 17.6 Å². The molecule has 1 aromatic rings. The van der Waals surface area contributed by atoms with Crippen LogP contribution in [0, 0.1) is 5.92 Å². The van der Waals surface area contributed by atoms with Crippen molar-refractivity contribution in [1.82, 2.24) is 10.6 Å². The molecule has 1 fully saturated rings. The largest absolute Gasteiger partial charge is 0.452 e. The number of benzene rings is 1. The molecule has 6 heteroatoms. The zero-order chi connectivity index (χ0) is 18.2. The minimum Gasteiger partial charge on any atom is -0.452 e. The van der Waals surface area contributed by atoms with Gasteiger partial charge in [-0.05, 0) is 36.5 Å². The number of hydrogen-bond acceptors (Lipinski definition) is 4. The Morgan fingerprint density at radius 3 is 2.44 bits per heavy atom. The van der Waals surface area contributed by atoms with Crippen molar-refractivity contribution in [2.24, 2.45) is 5.92 Å². The summed E-state index contributed by atoms with van der Waals surface area (Å²) in [5, 5.41) is 5.64. The highest BCUT2D eigenvalue weighted by Gasteiger charge is 2.23. The van der Waals surface area contributed by atoms with Crippen molar-refractivity contribution in [2.75, 3.05) is 6.61 Å². The van der Waals surface area contributed by atoms with Gasteiger partial charge in [0.1, 0.15) is 0 Å². The molecule has 0 saturated heterocycles. The van der Waals surface area contributed by atoms with E-state index in [1.807, 2.05) is 0 Å². The maximum absolute atomic E-state index is 12.0. The Kier molecular flexibility index (Phi) is 6.98. The Morgan fingerprint density at radius 2 is 1.80 bits per heavy atom. The summed E-state index contributed by atoms with van der Waals surface area (Å²) in [6.45, 7) is 3.73. The molecule has 0 aliphatic heterocycles. The van der Waals surface area contributed by atoms with Crippen LogP contribution in [0.1, 0.15) is 55.5 Å². The highest BCUT2D eigenvalue weighted by Crippen LogP contribution is 2.23. The van der Waals surface area contributed by atoms with Crippen LogP contribution in [0.2, 0.25) is 0 Å². The molecule has 136 valence electrons. The molecule has 0 aromatic heterocycles. The number of esters is 1. The number of carbonyl (C=O) groups excluding carboxylic acids is 3. The summed E-state index contributed by atoms with van der Waals surface area (Å²) in [7, 11) is 0. The molecule has 0 heterocycles. The van der Waals surface area contributed by atoms with E-state index in [4.69, 9.17) is 4.74 Å². The Labute approximate surface area is 148 Å². The van der Waals surface area contributed by atoms with Gasteiger partial charge in [0.15, 0.2) is 6.61 Å². The SMILES string of the molecule is CC(=O)NCc1ccc(C(=O)OCC(=O)NC2CCCCC2C)cc1. The van der Waals surface area contributed by atoms with E-state index in [1.165, 1.54) is 13.3 Å². The molecule has 2 N–H and O–H groups in total. The van der Waals surface area contributed by atoms with E-state index in [-0.39, 0.29) is 24.5 Å². The fourth-order valence-electron chi connectivity index (χ4n) is 2.98. The lowest BCUT2D eigenvalue weighted by molar-refractivity contribution is -0.125. The van der Waals surface area contributed by atoms with E-state index >= 15 is 0 Å².